The van der Waals surface area contributed by atoms with Crippen LogP contribution in [0.2, 0.25) is 0 Å². The summed E-state index contributed by atoms with van der Waals surface area (Å²) in [6.45, 7) is 2.44. The molecular weight excluding hydrogens is 504 g/mol. The number of allylic oxidation sites excluding steroid dienone is 1. The first-order chi connectivity index (χ1) is 18.6. The van der Waals surface area contributed by atoms with Gasteiger partial charge in [0, 0.05) is 42.6 Å². The fourth-order valence-corrected chi connectivity index (χ4v) is 7.61. The zero-order valence-corrected chi connectivity index (χ0v) is 21.8. The highest BCUT2D eigenvalue weighted by Crippen LogP contribution is 2.57. The first-order valence-electron chi connectivity index (χ1n) is 13.7. The molecule has 0 radical (unpaired) electrons. The second-order valence-corrected chi connectivity index (χ2v) is 11.7. The fraction of sp³-hybridized carbons (Fsp3) is 0.533. The third-order valence-corrected chi connectivity index (χ3v) is 9.58. The van der Waals surface area contributed by atoms with E-state index in [-0.39, 0.29) is 30.3 Å². The Labute approximate surface area is 225 Å². The minimum atomic E-state index is -2.32. The lowest BCUT2D eigenvalue weighted by atomic mass is 9.54. The van der Waals surface area contributed by atoms with Crippen LogP contribution in [-0.4, -0.2) is 62.0 Å². The Morgan fingerprint density at radius 1 is 1.15 bits per heavy atom. The van der Waals surface area contributed by atoms with Crippen LogP contribution in [0, 0.1) is 23.7 Å². The molecule has 6 rings (SSSR count). The molecule has 4 aliphatic rings. The summed E-state index contributed by atoms with van der Waals surface area (Å²) in [5, 5.41) is 56.9. The highest BCUT2D eigenvalue weighted by Gasteiger charge is 2.63. The van der Waals surface area contributed by atoms with E-state index in [0.29, 0.717) is 43.1 Å². The van der Waals surface area contributed by atoms with Gasteiger partial charge in [-0.3, -0.25) is 9.59 Å². The van der Waals surface area contributed by atoms with Gasteiger partial charge in [0.2, 0.25) is 5.78 Å². The van der Waals surface area contributed by atoms with Gasteiger partial charge in [0.25, 0.3) is 0 Å². The average molecular weight is 539 g/mol. The lowest BCUT2D eigenvalue weighted by Gasteiger charge is -2.54. The summed E-state index contributed by atoms with van der Waals surface area (Å²) in [7, 11) is 0. The van der Waals surface area contributed by atoms with Crippen molar-refractivity contribution in [3.63, 3.8) is 0 Å². The normalized spacial score (nSPS) is 32.9. The number of benzene rings is 1. The van der Waals surface area contributed by atoms with Gasteiger partial charge in [-0.15, -0.1) is 0 Å². The molecule has 9 nitrogen and oxygen atoms in total. The third-order valence-electron chi connectivity index (χ3n) is 9.58. The van der Waals surface area contributed by atoms with Gasteiger partial charge in [-0.05, 0) is 79.7 Å². The van der Waals surface area contributed by atoms with Gasteiger partial charge in [-0.1, -0.05) is 0 Å². The summed E-state index contributed by atoms with van der Waals surface area (Å²) in [6, 6.07) is 3.78. The second kappa shape index (κ2) is 9.59. The number of ketones is 2. The Morgan fingerprint density at radius 2 is 1.90 bits per heavy atom. The highest BCUT2D eigenvalue weighted by molar-refractivity contribution is 6.23. The number of Topliss-reactive ketones (excluding diaryl/α,β-unsaturated/α-hetero) is 2. The zero-order chi connectivity index (χ0) is 27.6. The molecule has 5 unspecified atom stereocenters. The Hall–Kier alpha value is -2.98. The maximum atomic E-state index is 13.3. The molecule has 0 spiro atoms. The molecule has 5 N–H and O–H groups in total. The summed E-state index contributed by atoms with van der Waals surface area (Å²) >= 11 is 0. The van der Waals surface area contributed by atoms with Crippen LogP contribution in [0.1, 0.15) is 55.4 Å². The van der Waals surface area contributed by atoms with Crippen molar-refractivity contribution >= 4 is 11.6 Å². The molecule has 1 aromatic carbocycles. The first kappa shape index (κ1) is 26.3. The van der Waals surface area contributed by atoms with Crippen molar-refractivity contribution in [1.29, 1.82) is 0 Å². The Bertz CT molecular complexity index is 1340. The number of carbonyl (C=O) groups is 2. The summed E-state index contributed by atoms with van der Waals surface area (Å²) in [6.07, 6.45) is 2.92. The number of aliphatic hydroxyl groups excluding tert-OH is 3. The monoisotopic (exact) mass is 538 g/mol. The maximum absolute atomic E-state index is 13.3. The van der Waals surface area contributed by atoms with Crippen molar-refractivity contribution < 1.29 is 44.3 Å². The number of aromatic hydroxyl groups is 1. The fourth-order valence-electron chi connectivity index (χ4n) is 7.61. The summed E-state index contributed by atoms with van der Waals surface area (Å²) in [5.41, 5.74) is 0.520. The van der Waals surface area contributed by atoms with Gasteiger partial charge in [0.1, 0.15) is 17.1 Å². The van der Waals surface area contributed by atoms with E-state index < -0.39 is 46.8 Å². The van der Waals surface area contributed by atoms with Gasteiger partial charge < -0.3 is 34.7 Å². The van der Waals surface area contributed by atoms with E-state index >= 15 is 0 Å². The van der Waals surface area contributed by atoms with Crippen LogP contribution in [0.15, 0.2) is 40.4 Å². The van der Waals surface area contributed by atoms with Crippen LogP contribution < -0.4 is 0 Å². The Morgan fingerprint density at radius 3 is 2.56 bits per heavy atom. The molecule has 2 heterocycles. The van der Waals surface area contributed by atoms with Crippen LogP contribution in [0.3, 0.4) is 0 Å². The largest absolute Gasteiger partial charge is 0.511 e. The van der Waals surface area contributed by atoms with Crippen molar-refractivity contribution in [3.8, 4) is 16.9 Å². The standard InChI is InChI=1S/C30H34O9/c1-14(31)23-22(32)12-19-9-17-10-21-20(16-4-7-39-13-16)11-18(8-15-2-5-38-6-3-15)26(33)25(21)27(34)24(17)29(36)30(19,37)28(23)35/h4,7,11,13,15,17,19,24,27,29,32-34,36-37H,2-3,5-6,8-10,12H2,1H3/t17?,19?,24?,27?,29?,30-/m1/s1. The van der Waals surface area contributed by atoms with E-state index in [0.717, 1.165) is 36.5 Å². The smallest absolute Gasteiger partial charge is 0.204 e. The van der Waals surface area contributed by atoms with Gasteiger partial charge >= 0.3 is 0 Å². The number of ether oxygens (including phenoxy) is 1. The topological polar surface area (TPSA) is 158 Å². The van der Waals surface area contributed by atoms with E-state index in [4.69, 9.17) is 9.15 Å². The molecule has 1 aliphatic heterocycles. The van der Waals surface area contributed by atoms with Crippen molar-refractivity contribution in [3.05, 3.63) is 52.7 Å². The quantitative estimate of drug-likeness (QED) is 0.369. The number of rotatable bonds is 4. The Balaban J connectivity index is 1.44. The van der Waals surface area contributed by atoms with Crippen molar-refractivity contribution in [2.45, 2.75) is 63.3 Å². The number of furan rings is 1. The number of hydrogen-bond acceptors (Lipinski definition) is 9. The molecule has 39 heavy (non-hydrogen) atoms. The van der Waals surface area contributed by atoms with Crippen molar-refractivity contribution in [1.82, 2.24) is 0 Å². The Kier molecular flexibility index (Phi) is 6.45. The van der Waals surface area contributed by atoms with E-state index in [1.165, 1.54) is 0 Å². The minimum absolute atomic E-state index is 0.0343. The molecule has 9 heteroatoms. The number of hydrogen-bond donors (Lipinski definition) is 5. The lowest BCUT2D eigenvalue weighted by Crippen LogP contribution is -2.66. The van der Waals surface area contributed by atoms with Crippen molar-refractivity contribution in [2.75, 3.05) is 13.2 Å². The van der Waals surface area contributed by atoms with Gasteiger partial charge in [-0.2, -0.15) is 0 Å². The van der Waals surface area contributed by atoms with E-state index in [9.17, 15) is 35.1 Å². The molecule has 1 saturated heterocycles. The number of phenols is 1. The number of fused-ring (bicyclic) bond motifs is 3. The number of aliphatic hydroxyl groups is 4. The van der Waals surface area contributed by atoms with Gasteiger partial charge in [0.05, 0.1) is 24.7 Å². The predicted molar refractivity (Wildman–Crippen MR) is 138 cm³/mol. The summed E-state index contributed by atoms with van der Waals surface area (Å²) in [4.78, 5) is 25.4. The molecule has 208 valence electrons. The predicted octanol–water partition coefficient (Wildman–Crippen LogP) is 2.93. The maximum Gasteiger partial charge on any atom is 0.204 e. The second-order valence-electron chi connectivity index (χ2n) is 11.7. The van der Waals surface area contributed by atoms with Crippen LogP contribution in [0.5, 0.6) is 5.75 Å². The van der Waals surface area contributed by atoms with E-state index in [1.54, 1.807) is 12.5 Å². The molecular formula is C30H34O9. The molecule has 2 fully saturated rings. The highest BCUT2D eigenvalue weighted by atomic mass is 16.5. The minimum Gasteiger partial charge on any atom is -0.511 e. The molecule has 6 atom stereocenters. The average Bonchev–Trinajstić information content (AvgIpc) is 3.43. The van der Waals surface area contributed by atoms with Crippen LogP contribution in [0.4, 0.5) is 0 Å². The van der Waals surface area contributed by atoms with Crippen molar-refractivity contribution in [2.24, 2.45) is 23.7 Å². The third kappa shape index (κ3) is 3.97. The molecule has 0 amide bonds. The van der Waals surface area contributed by atoms with E-state index in [2.05, 4.69) is 0 Å². The van der Waals surface area contributed by atoms with E-state index in [1.807, 2.05) is 12.1 Å². The molecule has 1 saturated carbocycles. The van der Waals surface area contributed by atoms with Crippen LogP contribution >= 0.6 is 0 Å². The number of phenolic OH excluding ortho intramolecular Hbond substituents is 1. The number of carbonyl (C=O) groups excluding carboxylic acids is 2. The SMILES string of the molecule is CC(=O)C1=C(O)CC2CC3Cc4c(-c5ccoc5)cc(CC5CCOCC5)c(O)c4C(O)C3C(O)[C@]2(O)C1=O. The van der Waals surface area contributed by atoms with Gasteiger partial charge in [-0.25, -0.2) is 0 Å². The first-order valence-corrected chi connectivity index (χ1v) is 13.7. The molecule has 1 aromatic heterocycles. The summed E-state index contributed by atoms with van der Waals surface area (Å²) < 4.78 is 10.8. The van der Waals surface area contributed by atoms with Crippen LogP contribution in [0.25, 0.3) is 11.1 Å². The molecule has 0 bridgehead atoms. The zero-order valence-electron chi connectivity index (χ0n) is 21.8. The molecule has 2 aromatic rings. The summed E-state index contributed by atoms with van der Waals surface area (Å²) in [5.74, 6) is -3.93. The molecule has 3 aliphatic carbocycles. The lowest BCUT2D eigenvalue weighted by molar-refractivity contribution is -0.201. The van der Waals surface area contributed by atoms with Crippen LogP contribution in [-0.2, 0) is 27.2 Å². The van der Waals surface area contributed by atoms with Gasteiger partial charge in [0.15, 0.2) is 11.4 Å².